The molecule has 0 radical (unpaired) electrons. The Kier molecular flexibility index (Phi) is 4.78. The minimum Gasteiger partial charge on any atom is -0.496 e. The lowest BCUT2D eigenvalue weighted by Crippen LogP contribution is -2.52. The number of hydrogen-bond donors (Lipinski definition) is 2. The third kappa shape index (κ3) is 3.25. The van der Waals surface area contributed by atoms with Gasteiger partial charge in [0.1, 0.15) is 5.75 Å². The lowest BCUT2D eigenvalue weighted by atomic mass is 9.98. The van der Waals surface area contributed by atoms with Gasteiger partial charge in [0.05, 0.1) is 31.6 Å². The first-order valence-electron chi connectivity index (χ1n) is 7.78. The molecule has 2 N–H and O–H groups in total. The maximum Gasteiger partial charge on any atom is 0.251 e. The molecular formula is C18H20N2O4. The Labute approximate surface area is 140 Å². The van der Waals surface area contributed by atoms with Crippen LogP contribution in [0.15, 0.2) is 42.6 Å². The predicted molar refractivity (Wildman–Crippen MR) is 88.9 cm³/mol. The van der Waals surface area contributed by atoms with Gasteiger partial charge in [-0.1, -0.05) is 6.07 Å². The van der Waals surface area contributed by atoms with Crippen molar-refractivity contribution in [3.05, 3.63) is 48.2 Å². The highest BCUT2D eigenvalue weighted by atomic mass is 16.5. The first-order valence-corrected chi connectivity index (χ1v) is 7.78. The SMILES string of the molecule is COc1ccc(C(=O)NC2(CO)CCOC2)cc1-c1ccccn1. The molecule has 24 heavy (non-hydrogen) atoms. The molecule has 2 heterocycles. The van der Waals surface area contributed by atoms with Crippen LogP contribution in [0.25, 0.3) is 11.3 Å². The number of ether oxygens (including phenoxy) is 2. The van der Waals surface area contributed by atoms with E-state index in [0.29, 0.717) is 30.9 Å². The van der Waals surface area contributed by atoms with Gasteiger partial charge in [-0.15, -0.1) is 0 Å². The smallest absolute Gasteiger partial charge is 0.251 e. The molecular weight excluding hydrogens is 308 g/mol. The summed E-state index contributed by atoms with van der Waals surface area (Å²) < 4.78 is 10.7. The van der Waals surface area contributed by atoms with Crippen molar-refractivity contribution < 1.29 is 19.4 Å². The summed E-state index contributed by atoms with van der Waals surface area (Å²) in [6.45, 7) is 0.698. The lowest BCUT2D eigenvalue weighted by molar-refractivity contribution is 0.0789. The molecule has 6 nitrogen and oxygen atoms in total. The van der Waals surface area contributed by atoms with Crippen molar-refractivity contribution >= 4 is 5.91 Å². The fourth-order valence-corrected chi connectivity index (χ4v) is 2.75. The molecule has 1 unspecified atom stereocenters. The molecule has 1 amide bonds. The number of nitrogens with zero attached hydrogens (tertiary/aromatic N) is 1. The van der Waals surface area contributed by atoms with Gasteiger partial charge < -0.3 is 19.9 Å². The number of methoxy groups -OCH3 is 1. The van der Waals surface area contributed by atoms with Gasteiger partial charge in [0.25, 0.3) is 5.91 Å². The average Bonchev–Trinajstić information content (AvgIpc) is 3.11. The summed E-state index contributed by atoms with van der Waals surface area (Å²) in [4.78, 5) is 16.9. The van der Waals surface area contributed by atoms with E-state index in [4.69, 9.17) is 9.47 Å². The summed E-state index contributed by atoms with van der Waals surface area (Å²) in [7, 11) is 1.58. The molecule has 1 atom stereocenters. The number of aromatic nitrogens is 1. The number of carbonyl (C=O) groups excluding carboxylic acids is 1. The largest absolute Gasteiger partial charge is 0.496 e. The summed E-state index contributed by atoms with van der Waals surface area (Å²) in [6.07, 6.45) is 2.29. The lowest BCUT2D eigenvalue weighted by Gasteiger charge is -2.26. The Balaban J connectivity index is 1.90. The molecule has 1 aromatic carbocycles. The molecule has 3 rings (SSSR count). The van der Waals surface area contributed by atoms with Crippen molar-refractivity contribution in [1.29, 1.82) is 0 Å². The van der Waals surface area contributed by atoms with Crippen LogP contribution in [-0.4, -0.2) is 48.5 Å². The van der Waals surface area contributed by atoms with E-state index in [2.05, 4.69) is 10.3 Å². The van der Waals surface area contributed by atoms with Gasteiger partial charge in [-0.05, 0) is 36.8 Å². The number of aliphatic hydroxyl groups excluding tert-OH is 1. The number of benzene rings is 1. The number of rotatable bonds is 5. The van der Waals surface area contributed by atoms with Crippen LogP contribution in [0.5, 0.6) is 5.75 Å². The minimum absolute atomic E-state index is 0.151. The van der Waals surface area contributed by atoms with E-state index in [1.54, 1.807) is 31.5 Å². The van der Waals surface area contributed by atoms with E-state index in [1.807, 2.05) is 18.2 Å². The van der Waals surface area contributed by atoms with Crippen LogP contribution in [0.1, 0.15) is 16.8 Å². The van der Waals surface area contributed by atoms with Crippen molar-refractivity contribution in [3.63, 3.8) is 0 Å². The van der Waals surface area contributed by atoms with E-state index in [-0.39, 0.29) is 12.5 Å². The maximum absolute atomic E-state index is 12.6. The third-order valence-corrected chi connectivity index (χ3v) is 4.19. The molecule has 1 saturated heterocycles. The Morgan fingerprint density at radius 2 is 2.29 bits per heavy atom. The summed E-state index contributed by atoms with van der Waals surface area (Å²) >= 11 is 0. The van der Waals surface area contributed by atoms with Crippen LogP contribution < -0.4 is 10.1 Å². The predicted octanol–water partition coefficient (Wildman–Crippen LogP) is 1.64. The molecule has 6 heteroatoms. The summed E-state index contributed by atoms with van der Waals surface area (Å²) in [5.74, 6) is 0.390. The van der Waals surface area contributed by atoms with E-state index in [0.717, 1.165) is 11.3 Å². The van der Waals surface area contributed by atoms with Crippen LogP contribution in [-0.2, 0) is 4.74 Å². The fraction of sp³-hybridized carbons (Fsp3) is 0.333. The molecule has 1 aromatic heterocycles. The van der Waals surface area contributed by atoms with Crippen LogP contribution in [0.4, 0.5) is 0 Å². The van der Waals surface area contributed by atoms with Gasteiger partial charge in [0.2, 0.25) is 0 Å². The standard InChI is InChI=1S/C18H20N2O4/c1-23-16-6-5-13(10-14(16)15-4-2-3-8-19-15)17(22)20-18(11-21)7-9-24-12-18/h2-6,8,10,21H,7,9,11-12H2,1H3,(H,20,22). The van der Waals surface area contributed by atoms with Gasteiger partial charge in [0, 0.05) is 23.9 Å². The van der Waals surface area contributed by atoms with Crippen molar-refractivity contribution in [2.75, 3.05) is 26.9 Å². The summed E-state index contributed by atoms with van der Waals surface area (Å²) in [5.41, 5.74) is 1.25. The van der Waals surface area contributed by atoms with Crippen molar-refractivity contribution in [2.24, 2.45) is 0 Å². The van der Waals surface area contributed by atoms with Gasteiger partial charge >= 0.3 is 0 Å². The number of amides is 1. The second-order valence-corrected chi connectivity index (χ2v) is 5.83. The van der Waals surface area contributed by atoms with Crippen molar-refractivity contribution in [1.82, 2.24) is 10.3 Å². The topological polar surface area (TPSA) is 80.7 Å². The number of pyridine rings is 1. The Morgan fingerprint density at radius 1 is 1.42 bits per heavy atom. The maximum atomic E-state index is 12.6. The Hall–Kier alpha value is -2.44. The fourth-order valence-electron chi connectivity index (χ4n) is 2.75. The highest BCUT2D eigenvalue weighted by molar-refractivity contribution is 5.96. The number of carbonyl (C=O) groups is 1. The quantitative estimate of drug-likeness (QED) is 0.872. The zero-order valence-corrected chi connectivity index (χ0v) is 13.5. The first-order chi connectivity index (χ1) is 11.7. The van der Waals surface area contributed by atoms with Crippen LogP contribution in [0.3, 0.4) is 0 Å². The van der Waals surface area contributed by atoms with E-state index < -0.39 is 5.54 Å². The third-order valence-electron chi connectivity index (χ3n) is 4.19. The highest BCUT2D eigenvalue weighted by Crippen LogP contribution is 2.29. The van der Waals surface area contributed by atoms with Gasteiger partial charge in [-0.2, -0.15) is 0 Å². The van der Waals surface area contributed by atoms with Gasteiger partial charge in [0.15, 0.2) is 0 Å². The summed E-state index contributed by atoms with van der Waals surface area (Å²) in [5, 5.41) is 12.5. The van der Waals surface area contributed by atoms with E-state index in [9.17, 15) is 9.90 Å². The van der Waals surface area contributed by atoms with Crippen LogP contribution >= 0.6 is 0 Å². The Bertz CT molecular complexity index is 712. The summed E-state index contributed by atoms with van der Waals surface area (Å²) in [6, 6.07) is 10.8. The number of nitrogens with one attached hydrogen (secondary N) is 1. The first kappa shape index (κ1) is 16.4. The van der Waals surface area contributed by atoms with Crippen LogP contribution in [0.2, 0.25) is 0 Å². The molecule has 0 aliphatic carbocycles. The molecule has 0 spiro atoms. The van der Waals surface area contributed by atoms with E-state index >= 15 is 0 Å². The highest BCUT2D eigenvalue weighted by Gasteiger charge is 2.36. The van der Waals surface area contributed by atoms with Gasteiger partial charge in [-0.25, -0.2) is 0 Å². The second-order valence-electron chi connectivity index (χ2n) is 5.83. The monoisotopic (exact) mass is 328 g/mol. The van der Waals surface area contributed by atoms with Crippen molar-refractivity contribution in [2.45, 2.75) is 12.0 Å². The molecule has 1 aliphatic heterocycles. The average molecular weight is 328 g/mol. The molecule has 2 aromatic rings. The normalized spacial score (nSPS) is 19.9. The number of aliphatic hydroxyl groups is 1. The second kappa shape index (κ2) is 6.98. The molecule has 0 saturated carbocycles. The number of hydrogen-bond acceptors (Lipinski definition) is 5. The van der Waals surface area contributed by atoms with Gasteiger partial charge in [-0.3, -0.25) is 9.78 Å². The zero-order chi connectivity index (χ0) is 17.0. The minimum atomic E-state index is -0.706. The molecule has 126 valence electrons. The molecule has 1 fully saturated rings. The molecule has 0 bridgehead atoms. The zero-order valence-electron chi connectivity index (χ0n) is 13.5. The van der Waals surface area contributed by atoms with Crippen molar-refractivity contribution in [3.8, 4) is 17.0 Å². The Morgan fingerprint density at radius 3 is 2.92 bits per heavy atom. The molecule has 1 aliphatic rings. The van der Waals surface area contributed by atoms with Crippen LogP contribution in [0, 0.1) is 0 Å². The van der Waals surface area contributed by atoms with E-state index in [1.165, 1.54) is 0 Å².